The Labute approximate surface area is 121 Å². The summed E-state index contributed by atoms with van der Waals surface area (Å²) in [4.78, 5) is 12.9. The maximum absolute atomic E-state index is 12.3. The zero-order valence-electron chi connectivity index (χ0n) is 10.7. The van der Waals surface area contributed by atoms with Crippen molar-refractivity contribution in [1.29, 1.82) is 0 Å². The van der Waals surface area contributed by atoms with Crippen molar-refractivity contribution < 1.29 is 9.53 Å². The zero-order valence-corrected chi connectivity index (χ0v) is 12.3. The van der Waals surface area contributed by atoms with E-state index in [2.05, 4.69) is 0 Å². The topological polar surface area (TPSA) is 52.3 Å². The fraction of sp³-hybridized carbons (Fsp3) is 0.214. The molecule has 0 aliphatic carbocycles. The van der Waals surface area contributed by atoms with Crippen LogP contribution in [0.3, 0.4) is 0 Å². The Morgan fingerprint density at radius 2 is 2.16 bits per heavy atom. The maximum atomic E-state index is 12.3. The van der Waals surface area contributed by atoms with Crippen molar-refractivity contribution in [3.8, 4) is 5.75 Å². The molecule has 0 aliphatic rings. The number of ketones is 1. The minimum absolute atomic E-state index is 0.0743. The van der Waals surface area contributed by atoms with Gasteiger partial charge in [-0.3, -0.25) is 4.79 Å². The van der Waals surface area contributed by atoms with Crippen LogP contribution in [0.5, 0.6) is 5.75 Å². The number of halogens is 1. The molecule has 0 amide bonds. The molecule has 19 heavy (non-hydrogen) atoms. The quantitative estimate of drug-likeness (QED) is 0.687. The molecule has 1 aromatic carbocycles. The smallest absolute Gasteiger partial charge is 0.203 e. The molecule has 2 rings (SSSR count). The van der Waals surface area contributed by atoms with Crippen LogP contribution in [0.2, 0.25) is 4.34 Å². The molecule has 3 nitrogen and oxygen atoms in total. The second kappa shape index (κ2) is 5.63. The van der Waals surface area contributed by atoms with Crippen molar-refractivity contribution in [3.05, 3.63) is 44.6 Å². The Hall–Kier alpha value is -1.52. The molecule has 1 heterocycles. The van der Waals surface area contributed by atoms with Gasteiger partial charge in [0.15, 0.2) is 0 Å². The highest BCUT2D eigenvalue weighted by Crippen LogP contribution is 2.30. The molecule has 5 heteroatoms. The molecule has 100 valence electrons. The predicted molar refractivity (Wildman–Crippen MR) is 79.5 cm³/mol. The van der Waals surface area contributed by atoms with Gasteiger partial charge in [-0.1, -0.05) is 11.6 Å². The van der Waals surface area contributed by atoms with Gasteiger partial charge in [0.05, 0.1) is 21.5 Å². The molecule has 0 saturated carbocycles. The first-order chi connectivity index (χ1) is 9.02. The minimum Gasteiger partial charge on any atom is -0.492 e. The second-order valence-corrected chi connectivity index (χ2v) is 5.74. The van der Waals surface area contributed by atoms with Crippen molar-refractivity contribution in [3.63, 3.8) is 0 Å². The molecule has 0 unspecified atom stereocenters. The number of nitrogens with two attached hydrogens (primary N) is 1. The van der Waals surface area contributed by atoms with E-state index in [1.807, 2.05) is 13.8 Å². The largest absolute Gasteiger partial charge is 0.492 e. The monoisotopic (exact) mass is 295 g/mol. The number of hydrogen-bond donors (Lipinski definition) is 1. The van der Waals surface area contributed by atoms with Gasteiger partial charge in [0.2, 0.25) is 5.78 Å². The second-order valence-electron chi connectivity index (χ2n) is 4.08. The first kappa shape index (κ1) is 13.9. The molecular weight excluding hydrogens is 282 g/mol. The van der Waals surface area contributed by atoms with Crippen LogP contribution < -0.4 is 10.5 Å². The van der Waals surface area contributed by atoms with Crippen LogP contribution in [0, 0.1) is 6.92 Å². The van der Waals surface area contributed by atoms with Gasteiger partial charge in [-0.25, -0.2) is 0 Å². The van der Waals surface area contributed by atoms with Gasteiger partial charge in [-0.2, -0.15) is 0 Å². The summed E-state index contributed by atoms with van der Waals surface area (Å²) in [6, 6.07) is 6.86. The Balaban J connectivity index is 2.31. The van der Waals surface area contributed by atoms with E-state index in [4.69, 9.17) is 22.1 Å². The summed E-state index contributed by atoms with van der Waals surface area (Å²) in [7, 11) is 0. The number of rotatable bonds is 4. The molecule has 0 fully saturated rings. The lowest BCUT2D eigenvalue weighted by molar-refractivity contribution is 0.104. The van der Waals surface area contributed by atoms with E-state index >= 15 is 0 Å². The molecule has 2 aromatic rings. The van der Waals surface area contributed by atoms with E-state index < -0.39 is 0 Å². The molecule has 2 N–H and O–H groups in total. The highest BCUT2D eigenvalue weighted by atomic mass is 35.5. The van der Waals surface area contributed by atoms with Crippen molar-refractivity contribution in [2.24, 2.45) is 0 Å². The maximum Gasteiger partial charge on any atom is 0.203 e. The van der Waals surface area contributed by atoms with Crippen molar-refractivity contribution in [2.45, 2.75) is 13.8 Å². The number of thiophene rings is 1. The Kier molecular flexibility index (Phi) is 4.12. The Bertz CT molecular complexity index is 602. The van der Waals surface area contributed by atoms with Crippen LogP contribution in [0.15, 0.2) is 24.3 Å². The molecular formula is C14H14ClNO2S. The van der Waals surface area contributed by atoms with E-state index in [9.17, 15) is 4.79 Å². The third-order valence-electron chi connectivity index (χ3n) is 2.65. The van der Waals surface area contributed by atoms with Crippen molar-refractivity contribution in [1.82, 2.24) is 0 Å². The molecule has 0 atom stereocenters. The van der Waals surface area contributed by atoms with Crippen LogP contribution in [-0.4, -0.2) is 12.4 Å². The van der Waals surface area contributed by atoms with Gasteiger partial charge in [0.25, 0.3) is 0 Å². The zero-order chi connectivity index (χ0) is 14.0. The van der Waals surface area contributed by atoms with Gasteiger partial charge in [0, 0.05) is 5.56 Å². The molecule has 1 aromatic heterocycles. The fourth-order valence-corrected chi connectivity index (χ4v) is 2.85. The van der Waals surface area contributed by atoms with E-state index in [1.165, 1.54) is 11.3 Å². The molecule has 0 saturated heterocycles. The number of nitrogen functional groups attached to an aromatic ring is 1. The fourth-order valence-electron chi connectivity index (χ4n) is 1.69. The number of aryl methyl sites for hydroxylation is 1. The van der Waals surface area contributed by atoms with E-state index in [0.717, 1.165) is 5.56 Å². The number of hydrogen-bond acceptors (Lipinski definition) is 4. The molecule has 0 radical (unpaired) electrons. The van der Waals surface area contributed by atoms with Gasteiger partial charge in [-0.05, 0) is 43.7 Å². The van der Waals surface area contributed by atoms with Crippen LogP contribution in [-0.2, 0) is 0 Å². The van der Waals surface area contributed by atoms with Crippen molar-refractivity contribution >= 4 is 34.4 Å². The van der Waals surface area contributed by atoms with E-state index in [-0.39, 0.29) is 5.78 Å². The standard InChI is InChI=1S/C14H14ClNO2S/c1-3-18-11-5-4-9(7-10(11)16)13(17)12-6-8(2)14(15)19-12/h4-7H,3,16H2,1-2H3. The van der Waals surface area contributed by atoms with Gasteiger partial charge < -0.3 is 10.5 Å². The lowest BCUT2D eigenvalue weighted by Crippen LogP contribution is -2.02. The first-order valence-electron chi connectivity index (χ1n) is 5.86. The summed E-state index contributed by atoms with van der Waals surface area (Å²) in [6.07, 6.45) is 0. The summed E-state index contributed by atoms with van der Waals surface area (Å²) in [6.45, 7) is 4.30. The number of anilines is 1. The highest BCUT2D eigenvalue weighted by Gasteiger charge is 2.15. The van der Waals surface area contributed by atoms with Gasteiger partial charge in [0.1, 0.15) is 5.75 Å². The third-order valence-corrected chi connectivity index (χ3v) is 4.21. The minimum atomic E-state index is -0.0743. The average molecular weight is 296 g/mol. The van der Waals surface area contributed by atoms with Gasteiger partial charge >= 0.3 is 0 Å². The summed E-state index contributed by atoms with van der Waals surface area (Å²) in [5.41, 5.74) is 7.78. The number of carbonyl (C=O) groups excluding carboxylic acids is 1. The summed E-state index contributed by atoms with van der Waals surface area (Å²) < 4.78 is 5.99. The van der Waals surface area contributed by atoms with Crippen LogP contribution in [0.4, 0.5) is 5.69 Å². The van der Waals surface area contributed by atoms with Gasteiger partial charge in [-0.15, -0.1) is 11.3 Å². The summed E-state index contributed by atoms with van der Waals surface area (Å²) in [5, 5.41) is 0. The number of carbonyl (C=O) groups is 1. The van der Waals surface area contributed by atoms with E-state index in [1.54, 1.807) is 24.3 Å². The normalized spacial score (nSPS) is 10.5. The first-order valence-corrected chi connectivity index (χ1v) is 7.05. The molecule has 0 spiro atoms. The highest BCUT2D eigenvalue weighted by molar-refractivity contribution is 7.18. The average Bonchev–Trinajstić information content (AvgIpc) is 2.71. The van der Waals surface area contributed by atoms with Crippen LogP contribution >= 0.6 is 22.9 Å². The van der Waals surface area contributed by atoms with E-state index in [0.29, 0.717) is 32.8 Å². The number of benzene rings is 1. The predicted octanol–water partition coefficient (Wildman–Crippen LogP) is 3.92. The summed E-state index contributed by atoms with van der Waals surface area (Å²) >= 11 is 7.26. The van der Waals surface area contributed by atoms with Crippen molar-refractivity contribution in [2.75, 3.05) is 12.3 Å². The van der Waals surface area contributed by atoms with Crippen LogP contribution in [0.25, 0.3) is 0 Å². The SMILES string of the molecule is CCOc1ccc(C(=O)c2cc(C)c(Cl)s2)cc1N. The lowest BCUT2D eigenvalue weighted by Gasteiger charge is -2.07. The summed E-state index contributed by atoms with van der Waals surface area (Å²) in [5.74, 6) is 0.522. The Morgan fingerprint density at radius 3 is 2.68 bits per heavy atom. The molecule has 0 bridgehead atoms. The molecule has 0 aliphatic heterocycles. The lowest BCUT2D eigenvalue weighted by atomic mass is 10.1. The number of ether oxygens (including phenoxy) is 1. The Morgan fingerprint density at radius 1 is 1.42 bits per heavy atom. The third kappa shape index (κ3) is 2.91. The van der Waals surface area contributed by atoms with Crippen LogP contribution in [0.1, 0.15) is 27.7 Å².